The first-order chi connectivity index (χ1) is 14.0. The molecule has 0 radical (unpaired) electrons. The van der Waals surface area contributed by atoms with Gasteiger partial charge < -0.3 is 10.6 Å². The van der Waals surface area contributed by atoms with Gasteiger partial charge in [0.2, 0.25) is 0 Å². The minimum absolute atomic E-state index is 0.0128. The van der Waals surface area contributed by atoms with E-state index < -0.39 is 5.82 Å². The second-order valence-electron chi connectivity index (χ2n) is 6.17. The van der Waals surface area contributed by atoms with Crippen molar-refractivity contribution in [3.8, 4) is 0 Å². The maximum absolute atomic E-state index is 13.4. The molecule has 0 bridgehead atoms. The molecule has 144 valence electrons. The van der Waals surface area contributed by atoms with E-state index in [0.717, 1.165) is 3.57 Å². The Kier molecular flexibility index (Phi) is 5.59. The monoisotopic (exact) mass is 518 g/mol. The lowest BCUT2D eigenvalue weighted by molar-refractivity contribution is 0.102. The largest absolute Gasteiger partial charge is 0.340 e. The Balaban J connectivity index is 1.64. The van der Waals surface area contributed by atoms with E-state index in [2.05, 4.69) is 43.2 Å². The maximum atomic E-state index is 13.4. The van der Waals surface area contributed by atoms with E-state index in [9.17, 15) is 9.18 Å². The van der Waals surface area contributed by atoms with Gasteiger partial charge >= 0.3 is 0 Å². The van der Waals surface area contributed by atoms with Gasteiger partial charge in [-0.15, -0.1) is 0 Å². The minimum Gasteiger partial charge on any atom is -0.340 e. The van der Waals surface area contributed by atoms with Crippen LogP contribution in [-0.2, 0) is 0 Å². The van der Waals surface area contributed by atoms with Gasteiger partial charge in [-0.25, -0.2) is 14.4 Å². The van der Waals surface area contributed by atoms with Gasteiger partial charge in [-0.05, 0) is 83.3 Å². The van der Waals surface area contributed by atoms with Crippen LogP contribution in [0.15, 0.2) is 67.0 Å². The van der Waals surface area contributed by atoms with Crippen LogP contribution in [0.5, 0.6) is 0 Å². The lowest BCUT2D eigenvalue weighted by Crippen LogP contribution is -2.11. The molecule has 0 aliphatic carbocycles. The highest BCUT2D eigenvalue weighted by molar-refractivity contribution is 14.1. The number of aromatic nitrogens is 2. The predicted molar refractivity (Wildman–Crippen MR) is 121 cm³/mol. The van der Waals surface area contributed by atoms with Crippen LogP contribution < -0.4 is 10.6 Å². The molecule has 0 aliphatic rings. The molecule has 4 aromatic rings. The van der Waals surface area contributed by atoms with Gasteiger partial charge in [0.15, 0.2) is 0 Å². The van der Waals surface area contributed by atoms with Crippen molar-refractivity contribution in [3.05, 3.63) is 87.0 Å². The predicted octanol–water partition coefficient (Wildman–Crippen LogP) is 6.02. The molecule has 0 spiro atoms. The quantitative estimate of drug-likeness (QED) is 0.324. The zero-order chi connectivity index (χ0) is 20.4. The molecular weight excluding hydrogens is 506 g/mol. The lowest BCUT2D eigenvalue weighted by Gasteiger charge is -2.11. The fraction of sp³-hybridized carbons (Fsp3) is 0. The first kappa shape index (κ1) is 19.5. The van der Waals surface area contributed by atoms with Gasteiger partial charge in [-0.2, -0.15) is 0 Å². The molecule has 0 atom stereocenters. The van der Waals surface area contributed by atoms with Crippen LogP contribution in [0.1, 0.15) is 10.4 Å². The summed E-state index contributed by atoms with van der Waals surface area (Å²) in [6.45, 7) is 0. The zero-order valence-corrected chi connectivity index (χ0v) is 17.7. The topological polar surface area (TPSA) is 66.9 Å². The van der Waals surface area contributed by atoms with Crippen LogP contribution in [-0.4, -0.2) is 15.9 Å². The molecule has 3 aromatic carbocycles. The van der Waals surface area contributed by atoms with Crippen LogP contribution in [0.4, 0.5) is 21.6 Å². The molecule has 0 unspecified atom stereocenters. The average molecular weight is 519 g/mol. The Morgan fingerprint density at radius 2 is 1.72 bits per heavy atom. The van der Waals surface area contributed by atoms with Crippen molar-refractivity contribution in [2.45, 2.75) is 0 Å². The van der Waals surface area contributed by atoms with Gasteiger partial charge in [-0.3, -0.25) is 4.79 Å². The Hall–Kier alpha value is -2.78. The Bertz CT molecular complexity index is 1220. The molecule has 5 nitrogen and oxygen atoms in total. The molecule has 0 saturated carbocycles. The third-order valence-electron chi connectivity index (χ3n) is 4.18. The number of amides is 1. The number of nitrogens with one attached hydrogen (secondary N) is 2. The van der Waals surface area contributed by atoms with Crippen LogP contribution in [0.25, 0.3) is 10.9 Å². The number of fused-ring (bicyclic) bond motifs is 1. The van der Waals surface area contributed by atoms with E-state index in [-0.39, 0.29) is 10.9 Å². The van der Waals surface area contributed by atoms with E-state index >= 15 is 0 Å². The highest BCUT2D eigenvalue weighted by Crippen LogP contribution is 2.28. The highest BCUT2D eigenvalue weighted by Gasteiger charge is 2.10. The van der Waals surface area contributed by atoms with Crippen molar-refractivity contribution in [1.82, 2.24) is 9.97 Å². The van der Waals surface area contributed by atoms with Gasteiger partial charge in [-0.1, -0.05) is 11.6 Å². The Labute approximate surface area is 184 Å². The summed E-state index contributed by atoms with van der Waals surface area (Å²) in [4.78, 5) is 21.0. The lowest BCUT2D eigenvalue weighted by atomic mass is 10.1. The maximum Gasteiger partial charge on any atom is 0.255 e. The summed E-state index contributed by atoms with van der Waals surface area (Å²) in [7, 11) is 0. The standard InChI is InChI=1S/C21H13ClFIN4O/c22-17-10-15(5-7-18(17)23)27-20-16-9-14(6-8-19(16)25-11-26-20)28-21(29)12-1-3-13(24)4-2-12/h1-11H,(H,28,29)(H,25,26,27). The number of hydrogen-bond donors (Lipinski definition) is 2. The van der Waals surface area contributed by atoms with Gasteiger partial charge in [0.1, 0.15) is 18.0 Å². The summed E-state index contributed by atoms with van der Waals surface area (Å²) < 4.78 is 14.5. The Morgan fingerprint density at radius 1 is 0.966 bits per heavy atom. The number of nitrogens with zero attached hydrogens (tertiary/aromatic N) is 2. The van der Waals surface area contributed by atoms with E-state index in [1.807, 2.05) is 12.1 Å². The van der Waals surface area contributed by atoms with E-state index in [1.54, 1.807) is 36.4 Å². The molecule has 1 aromatic heterocycles. The van der Waals surface area contributed by atoms with Crippen LogP contribution in [0, 0.1) is 9.39 Å². The molecule has 29 heavy (non-hydrogen) atoms. The number of benzene rings is 3. The third kappa shape index (κ3) is 4.46. The first-order valence-electron chi connectivity index (χ1n) is 8.53. The van der Waals surface area contributed by atoms with Crippen LogP contribution in [0.3, 0.4) is 0 Å². The summed E-state index contributed by atoms with van der Waals surface area (Å²) >= 11 is 8.04. The summed E-state index contributed by atoms with van der Waals surface area (Å²) in [5, 5.41) is 6.71. The number of anilines is 3. The molecule has 4 rings (SSSR count). The van der Waals surface area contributed by atoms with Crippen molar-refractivity contribution in [2.75, 3.05) is 10.6 Å². The number of halogens is 3. The summed E-state index contributed by atoms with van der Waals surface area (Å²) in [5.41, 5.74) is 2.46. The van der Waals surface area contributed by atoms with E-state index in [1.165, 1.54) is 18.5 Å². The average Bonchev–Trinajstić information content (AvgIpc) is 2.71. The molecule has 0 aliphatic heterocycles. The van der Waals surface area contributed by atoms with Crippen molar-refractivity contribution in [1.29, 1.82) is 0 Å². The van der Waals surface area contributed by atoms with Crippen molar-refractivity contribution >= 4 is 68.2 Å². The zero-order valence-electron chi connectivity index (χ0n) is 14.8. The second-order valence-corrected chi connectivity index (χ2v) is 7.82. The van der Waals surface area contributed by atoms with E-state index in [4.69, 9.17) is 11.6 Å². The molecule has 1 heterocycles. The molecule has 0 fully saturated rings. The fourth-order valence-electron chi connectivity index (χ4n) is 2.75. The smallest absolute Gasteiger partial charge is 0.255 e. The number of carbonyl (C=O) groups is 1. The number of rotatable bonds is 4. The summed E-state index contributed by atoms with van der Waals surface area (Å²) in [6.07, 6.45) is 1.43. The second kappa shape index (κ2) is 8.30. The number of hydrogen-bond acceptors (Lipinski definition) is 4. The van der Waals surface area contributed by atoms with Crippen LogP contribution in [0.2, 0.25) is 5.02 Å². The number of carbonyl (C=O) groups excluding carboxylic acids is 1. The van der Waals surface area contributed by atoms with Gasteiger partial charge in [0.25, 0.3) is 5.91 Å². The SMILES string of the molecule is O=C(Nc1ccc2ncnc(Nc3ccc(F)c(Cl)c3)c2c1)c1ccc(I)cc1. The highest BCUT2D eigenvalue weighted by atomic mass is 127. The first-order valence-corrected chi connectivity index (χ1v) is 9.99. The molecule has 1 amide bonds. The summed E-state index contributed by atoms with van der Waals surface area (Å²) in [5.74, 6) is -0.189. The molecule has 8 heteroatoms. The van der Waals surface area contributed by atoms with E-state index in [0.29, 0.717) is 33.7 Å². The van der Waals surface area contributed by atoms with Crippen molar-refractivity contribution < 1.29 is 9.18 Å². The summed E-state index contributed by atoms with van der Waals surface area (Å²) in [6, 6.07) is 17.0. The van der Waals surface area contributed by atoms with Crippen molar-refractivity contribution in [3.63, 3.8) is 0 Å². The third-order valence-corrected chi connectivity index (χ3v) is 5.19. The normalized spacial score (nSPS) is 10.7. The Morgan fingerprint density at radius 3 is 2.48 bits per heavy atom. The molecular formula is C21H13ClFIN4O. The van der Waals surface area contributed by atoms with Gasteiger partial charge in [0, 0.05) is 25.9 Å². The van der Waals surface area contributed by atoms with Crippen molar-refractivity contribution in [2.24, 2.45) is 0 Å². The molecule has 2 N–H and O–H groups in total. The minimum atomic E-state index is -0.495. The molecule has 0 saturated heterocycles. The van der Waals surface area contributed by atoms with Gasteiger partial charge in [0.05, 0.1) is 10.5 Å². The van der Waals surface area contributed by atoms with Crippen LogP contribution >= 0.6 is 34.2 Å². The fourth-order valence-corrected chi connectivity index (χ4v) is 3.29.